The normalized spacial score (nSPS) is 13.7. The smallest absolute Gasteiger partial charge is 0.151 e. The van der Waals surface area contributed by atoms with Crippen LogP contribution in [0.3, 0.4) is 0 Å². The highest BCUT2D eigenvalue weighted by Crippen LogP contribution is 2.28. The summed E-state index contributed by atoms with van der Waals surface area (Å²) in [5, 5.41) is 0.959. The molecule has 2 aromatic heterocycles. The molecule has 0 fully saturated rings. The molecule has 0 bridgehead atoms. The Morgan fingerprint density at radius 2 is 2.11 bits per heavy atom. The number of pyridine rings is 1. The van der Waals surface area contributed by atoms with E-state index in [4.69, 9.17) is 33.7 Å². The van der Waals surface area contributed by atoms with Gasteiger partial charge in [0.1, 0.15) is 5.52 Å². The van der Waals surface area contributed by atoms with E-state index in [1.165, 1.54) is 0 Å². The molecule has 0 amide bonds. The summed E-state index contributed by atoms with van der Waals surface area (Å²) in [5.74, 6) is 0.908. The summed E-state index contributed by atoms with van der Waals surface area (Å²) in [6.07, 6.45) is 5.03. The van der Waals surface area contributed by atoms with Gasteiger partial charge in [-0.25, -0.2) is 9.97 Å². The maximum atomic E-state index is 12.6. The third kappa shape index (κ3) is 4.49. The fourth-order valence-corrected chi connectivity index (χ4v) is 5.03. The molecular formula is C19H22Cl2N4O2S. The van der Waals surface area contributed by atoms with Crippen molar-refractivity contribution in [3.63, 3.8) is 0 Å². The molecule has 9 heteroatoms. The fourth-order valence-electron chi connectivity index (χ4n) is 3.22. The number of ether oxygens (including phenoxy) is 1. The number of nitrogen functional groups attached to an aromatic ring is 1. The zero-order chi connectivity index (χ0) is 20.3. The number of aryl methyl sites for hydroxylation is 1. The second-order valence-corrected chi connectivity index (χ2v) is 8.93. The first-order chi connectivity index (χ1) is 13.4. The standard InChI is InChI=1S/C19H22Cl2N4O2S/c1-12-9-23-19(22)17-18(12)25(11-24-17)14(10-27-2)4-3-7-28(26)16-6-5-13(20)8-15(16)21/h5-6,8-9,11,14H,3-4,7,10H2,1-2H3,(H2,22,23). The average Bonchev–Trinajstić information content (AvgIpc) is 3.10. The molecule has 0 saturated heterocycles. The Hall–Kier alpha value is -1.67. The van der Waals surface area contributed by atoms with E-state index in [2.05, 4.69) is 14.5 Å². The van der Waals surface area contributed by atoms with Crippen LogP contribution in [0.4, 0.5) is 5.82 Å². The number of hydrogen-bond acceptors (Lipinski definition) is 5. The lowest BCUT2D eigenvalue weighted by Crippen LogP contribution is -2.15. The first-order valence-electron chi connectivity index (χ1n) is 8.82. The van der Waals surface area contributed by atoms with Gasteiger partial charge in [-0.05, 0) is 43.5 Å². The summed E-state index contributed by atoms with van der Waals surface area (Å²) >= 11 is 12.1. The Morgan fingerprint density at radius 3 is 2.82 bits per heavy atom. The Morgan fingerprint density at radius 1 is 1.32 bits per heavy atom. The predicted octanol–water partition coefficient (Wildman–Crippen LogP) is 4.40. The zero-order valence-electron chi connectivity index (χ0n) is 15.7. The number of benzene rings is 1. The highest BCUT2D eigenvalue weighted by molar-refractivity contribution is 7.85. The fraction of sp³-hybridized carbons (Fsp3) is 0.368. The Kier molecular flexibility index (Phi) is 6.93. The van der Waals surface area contributed by atoms with Crippen molar-refractivity contribution in [2.24, 2.45) is 0 Å². The molecule has 0 aliphatic heterocycles. The minimum absolute atomic E-state index is 0.0492. The number of anilines is 1. The predicted molar refractivity (Wildman–Crippen MR) is 115 cm³/mol. The third-order valence-corrected chi connectivity index (χ3v) is 6.73. The van der Waals surface area contributed by atoms with Crippen molar-refractivity contribution in [3.8, 4) is 0 Å². The van der Waals surface area contributed by atoms with Crippen molar-refractivity contribution >= 4 is 50.9 Å². The van der Waals surface area contributed by atoms with Crippen LogP contribution in [-0.2, 0) is 15.5 Å². The molecule has 6 nitrogen and oxygen atoms in total. The van der Waals surface area contributed by atoms with Gasteiger partial charge in [-0.2, -0.15) is 0 Å². The van der Waals surface area contributed by atoms with Gasteiger partial charge in [0.05, 0.1) is 45.2 Å². The molecule has 2 unspecified atom stereocenters. The van der Waals surface area contributed by atoms with Crippen LogP contribution in [0, 0.1) is 6.92 Å². The third-order valence-electron chi connectivity index (χ3n) is 4.57. The van der Waals surface area contributed by atoms with Crippen molar-refractivity contribution in [3.05, 3.63) is 46.3 Å². The number of fused-ring (bicyclic) bond motifs is 1. The van der Waals surface area contributed by atoms with Crippen LogP contribution >= 0.6 is 23.2 Å². The van der Waals surface area contributed by atoms with Crippen LogP contribution in [0.2, 0.25) is 10.0 Å². The van der Waals surface area contributed by atoms with Crippen LogP contribution in [0.5, 0.6) is 0 Å². The maximum absolute atomic E-state index is 12.6. The summed E-state index contributed by atoms with van der Waals surface area (Å²) in [4.78, 5) is 9.20. The van der Waals surface area contributed by atoms with E-state index in [-0.39, 0.29) is 6.04 Å². The summed E-state index contributed by atoms with van der Waals surface area (Å²) in [6, 6.07) is 5.08. The van der Waals surface area contributed by atoms with Crippen LogP contribution < -0.4 is 5.73 Å². The molecule has 150 valence electrons. The van der Waals surface area contributed by atoms with Gasteiger partial charge in [-0.1, -0.05) is 23.2 Å². The van der Waals surface area contributed by atoms with Gasteiger partial charge < -0.3 is 15.0 Å². The minimum atomic E-state index is -1.19. The largest absolute Gasteiger partial charge is 0.383 e. The van der Waals surface area contributed by atoms with Crippen molar-refractivity contribution in [2.75, 3.05) is 25.2 Å². The number of methoxy groups -OCH3 is 1. The molecule has 3 aromatic rings. The van der Waals surface area contributed by atoms with Crippen LogP contribution in [0.1, 0.15) is 24.4 Å². The summed E-state index contributed by atoms with van der Waals surface area (Å²) < 4.78 is 20.1. The summed E-state index contributed by atoms with van der Waals surface area (Å²) in [7, 11) is 0.475. The van der Waals surface area contributed by atoms with Crippen molar-refractivity contribution < 1.29 is 8.95 Å². The van der Waals surface area contributed by atoms with Gasteiger partial charge in [-0.15, -0.1) is 0 Å². The molecule has 1 aromatic carbocycles. The lowest BCUT2D eigenvalue weighted by molar-refractivity contribution is 0.152. The first kappa shape index (κ1) is 21.0. The highest BCUT2D eigenvalue weighted by Gasteiger charge is 2.18. The van der Waals surface area contributed by atoms with Gasteiger partial charge in [0.15, 0.2) is 5.82 Å². The van der Waals surface area contributed by atoms with E-state index >= 15 is 0 Å². The molecule has 2 heterocycles. The topological polar surface area (TPSA) is 83.0 Å². The van der Waals surface area contributed by atoms with Crippen LogP contribution in [0.15, 0.2) is 35.6 Å². The van der Waals surface area contributed by atoms with E-state index in [9.17, 15) is 4.21 Å². The van der Waals surface area contributed by atoms with Crippen molar-refractivity contribution in [2.45, 2.75) is 30.7 Å². The van der Waals surface area contributed by atoms with Gasteiger partial charge in [-0.3, -0.25) is 4.21 Å². The minimum Gasteiger partial charge on any atom is -0.383 e. The summed E-state index contributed by atoms with van der Waals surface area (Å²) in [5.41, 5.74) is 8.61. The number of aromatic nitrogens is 3. The number of nitrogens with two attached hydrogens (primary N) is 1. The second kappa shape index (κ2) is 9.22. The molecule has 0 saturated carbocycles. The van der Waals surface area contributed by atoms with Gasteiger partial charge >= 0.3 is 0 Å². The van der Waals surface area contributed by atoms with Crippen molar-refractivity contribution in [1.82, 2.24) is 14.5 Å². The van der Waals surface area contributed by atoms with Crippen LogP contribution in [-0.4, -0.2) is 38.2 Å². The Bertz CT molecular complexity index is 1010. The number of imidazole rings is 1. The molecule has 0 aliphatic rings. The van der Waals surface area contributed by atoms with E-state index in [0.717, 1.165) is 23.9 Å². The van der Waals surface area contributed by atoms with Gasteiger partial charge in [0.25, 0.3) is 0 Å². The van der Waals surface area contributed by atoms with Gasteiger partial charge in [0.2, 0.25) is 0 Å². The van der Waals surface area contributed by atoms with E-state index in [0.29, 0.717) is 38.6 Å². The molecule has 2 atom stereocenters. The Labute approximate surface area is 176 Å². The zero-order valence-corrected chi connectivity index (χ0v) is 18.0. The molecule has 0 spiro atoms. The number of nitrogens with zero attached hydrogens (tertiary/aromatic N) is 3. The number of halogens is 2. The molecule has 28 heavy (non-hydrogen) atoms. The number of rotatable bonds is 8. The van der Waals surface area contributed by atoms with Gasteiger partial charge in [0, 0.05) is 24.1 Å². The average molecular weight is 441 g/mol. The van der Waals surface area contributed by atoms with E-state index in [1.807, 2.05) is 6.92 Å². The Balaban J connectivity index is 1.74. The molecule has 0 aliphatic carbocycles. The second-order valence-electron chi connectivity index (χ2n) is 6.55. The summed E-state index contributed by atoms with van der Waals surface area (Å²) in [6.45, 7) is 2.50. The molecule has 0 radical (unpaired) electrons. The van der Waals surface area contributed by atoms with Crippen molar-refractivity contribution in [1.29, 1.82) is 0 Å². The molecule has 2 N–H and O–H groups in total. The molecular weight excluding hydrogens is 419 g/mol. The monoisotopic (exact) mass is 440 g/mol. The van der Waals surface area contributed by atoms with Crippen LogP contribution in [0.25, 0.3) is 11.0 Å². The lowest BCUT2D eigenvalue weighted by Gasteiger charge is -2.19. The first-order valence-corrected chi connectivity index (χ1v) is 10.9. The maximum Gasteiger partial charge on any atom is 0.151 e. The highest BCUT2D eigenvalue weighted by atomic mass is 35.5. The van der Waals surface area contributed by atoms with E-state index in [1.54, 1.807) is 37.8 Å². The quantitative estimate of drug-likeness (QED) is 0.560. The lowest BCUT2D eigenvalue weighted by atomic mass is 10.1. The number of hydrogen-bond donors (Lipinski definition) is 1. The van der Waals surface area contributed by atoms with E-state index < -0.39 is 10.8 Å². The SMILES string of the molecule is COCC(CCCS(=O)c1ccc(Cl)cc1Cl)n1cnc2c(N)ncc(C)c21. The molecule has 3 rings (SSSR count).